The lowest BCUT2D eigenvalue weighted by Crippen LogP contribution is -2.42. The van der Waals surface area contributed by atoms with Crippen LogP contribution in [0.4, 0.5) is 0 Å². The molecular formula is C18H39NO5. The normalized spacial score (nSPS) is 14.2. The van der Waals surface area contributed by atoms with Gasteiger partial charge >= 0.3 is 0 Å². The van der Waals surface area contributed by atoms with Crippen LogP contribution in [-0.4, -0.2) is 85.1 Å². The number of rotatable bonds is 18. The molecule has 2 unspecified atom stereocenters. The standard InChI is InChI=1S/C18H39NO5/c1-3-5-7-11-23-15-17(21)13-19(9-10-20)14-18(22)16-24-12-8-6-4-2/h17-18,20-22H,3-16H2,1-2H3. The van der Waals surface area contributed by atoms with Crippen molar-refractivity contribution in [3.05, 3.63) is 0 Å². The molecule has 0 spiro atoms. The Morgan fingerprint density at radius 2 is 1.25 bits per heavy atom. The third-order valence-corrected chi connectivity index (χ3v) is 3.76. The second-order valence-electron chi connectivity index (χ2n) is 6.35. The first kappa shape index (κ1) is 23.8. The number of aliphatic hydroxyl groups excluding tert-OH is 3. The molecule has 0 radical (unpaired) electrons. The maximum Gasteiger partial charge on any atom is 0.0900 e. The van der Waals surface area contributed by atoms with Crippen LogP contribution < -0.4 is 0 Å². The Labute approximate surface area is 147 Å². The van der Waals surface area contributed by atoms with E-state index < -0.39 is 12.2 Å². The maximum atomic E-state index is 10.0. The van der Waals surface area contributed by atoms with E-state index in [9.17, 15) is 10.2 Å². The van der Waals surface area contributed by atoms with Crippen LogP contribution in [0.1, 0.15) is 52.4 Å². The highest BCUT2D eigenvalue weighted by molar-refractivity contribution is 4.68. The number of nitrogens with zero attached hydrogens (tertiary/aromatic N) is 1. The smallest absolute Gasteiger partial charge is 0.0900 e. The van der Waals surface area contributed by atoms with E-state index in [1.807, 2.05) is 4.90 Å². The molecule has 0 aromatic carbocycles. The first-order valence-corrected chi connectivity index (χ1v) is 9.48. The molecule has 2 atom stereocenters. The number of hydrogen-bond donors (Lipinski definition) is 3. The average Bonchev–Trinajstić information content (AvgIpc) is 2.54. The summed E-state index contributed by atoms with van der Waals surface area (Å²) in [7, 11) is 0. The fraction of sp³-hybridized carbons (Fsp3) is 1.00. The molecule has 0 aliphatic rings. The van der Waals surface area contributed by atoms with E-state index in [1.165, 1.54) is 0 Å². The summed E-state index contributed by atoms with van der Waals surface area (Å²) in [4.78, 5) is 1.85. The maximum absolute atomic E-state index is 10.0. The molecule has 0 heterocycles. The molecule has 0 aliphatic carbocycles. The molecule has 6 heteroatoms. The number of ether oxygens (including phenoxy) is 2. The highest BCUT2D eigenvalue weighted by Gasteiger charge is 2.15. The minimum atomic E-state index is -0.615. The number of aliphatic hydroxyl groups is 3. The molecule has 6 nitrogen and oxygen atoms in total. The van der Waals surface area contributed by atoms with E-state index >= 15 is 0 Å². The van der Waals surface area contributed by atoms with E-state index in [-0.39, 0.29) is 19.8 Å². The SMILES string of the molecule is CCCCCOCC(O)CN(CCO)CC(O)COCCCCC. The molecule has 0 aliphatic heterocycles. The largest absolute Gasteiger partial charge is 0.395 e. The van der Waals surface area contributed by atoms with E-state index in [2.05, 4.69) is 13.8 Å². The van der Waals surface area contributed by atoms with Gasteiger partial charge in [-0.2, -0.15) is 0 Å². The van der Waals surface area contributed by atoms with Crippen molar-refractivity contribution in [1.29, 1.82) is 0 Å². The van der Waals surface area contributed by atoms with Crippen molar-refractivity contribution in [2.24, 2.45) is 0 Å². The van der Waals surface area contributed by atoms with Gasteiger partial charge in [-0.05, 0) is 12.8 Å². The summed E-state index contributed by atoms with van der Waals surface area (Å²) >= 11 is 0. The molecule has 0 amide bonds. The van der Waals surface area contributed by atoms with Gasteiger partial charge in [-0.1, -0.05) is 39.5 Å². The zero-order valence-electron chi connectivity index (χ0n) is 15.7. The lowest BCUT2D eigenvalue weighted by atomic mass is 10.2. The van der Waals surface area contributed by atoms with Gasteiger partial charge in [0.2, 0.25) is 0 Å². The van der Waals surface area contributed by atoms with Crippen LogP contribution in [0.5, 0.6) is 0 Å². The van der Waals surface area contributed by atoms with Crippen molar-refractivity contribution >= 4 is 0 Å². The molecule has 24 heavy (non-hydrogen) atoms. The summed E-state index contributed by atoms with van der Waals surface area (Å²) in [5.74, 6) is 0. The third-order valence-electron chi connectivity index (χ3n) is 3.76. The second-order valence-corrected chi connectivity index (χ2v) is 6.35. The molecule has 0 rings (SSSR count). The summed E-state index contributed by atoms with van der Waals surface area (Å²) in [5, 5.41) is 29.2. The first-order chi connectivity index (χ1) is 11.6. The highest BCUT2D eigenvalue weighted by Crippen LogP contribution is 2.01. The van der Waals surface area contributed by atoms with Crippen LogP contribution in [0.15, 0.2) is 0 Å². The van der Waals surface area contributed by atoms with Crippen LogP contribution >= 0.6 is 0 Å². The number of hydrogen-bond acceptors (Lipinski definition) is 6. The van der Waals surface area contributed by atoms with Crippen molar-refractivity contribution in [1.82, 2.24) is 4.90 Å². The summed E-state index contributed by atoms with van der Waals surface area (Å²) in [6, 6.07) is 0. The average molecular weight is 350 g/mol. The molecule has 0 saturated heterocycles. The monoisotopic (exact) mass is 349 g/mol. The fourth-order valence-corrected chi connectivity index (χ4v) is 2.45. The van der Waals surface area contributed by atoms with Gasteiger partial charge in [0.1, 0.15) is 0 Å². The predicted molar refractivity (Wildman–Crippen MR) is 96.2 cm³/mol. The van der Waals surface area contributed by atoms with Crippen LogP contribution in [0.2, 0.25) is 0 Å². The van der Waals surface area contributed by atoms with Gasteiger partial charge in [-0.25, -0.2) is 0 Å². The van der Waals surface area contributed by atoms with Crippen molar-refractivity contribution in [3.63, 3.8) is 0 Å². The van der Waals surface area contributed by atoms with Gasteiger partial charge in [-0.3, -0.25) is 4.90 Å². The topological polar surface area (TPSA) is 82.4 Å². The lowest BCUT2D eigenvalue weighted by Gasteiger charge is -2.26. The summed E-state index contributed by atoms with van der Waals surface area (Å²) in [5.41, 5.74) is 0. The van der Waals surface area contributed by atoms with Crippen molar-refractivity contribution in [3.8, 4) is 0 Å². The van der Waals surface area contributed by atoms with Crippen LogP contribution in [0, 0.1) is 0 Å². The van der Waals surface area contributed by atoms with Gasteiger partial charge in [0.25, 0.3) is 0 Å². The zero-order valence-corrected chi connectivity index (χ0v) is 15.7. The van der Waals surface area contributed by atoms with Gasteiger partial charge in [0, 0.05) is 32.8 Å². The minimum Gasteiger partial charge on any atom is -0.395 e. The first-order valence-electron chi connectivity index (χ1n) is 9.48. The Bertz CT molecular complexity index is 234. The van der Waals surface area contributed by atoms with Gasteiger partial charge in [0.05, 0.1) is 32.0 Å². The predicted octanol–water partition coefficient (Wildman–Crippen LogP) is 1.42. The third kappa shape index (κ3) is 15.3. The van der Waals surface area contributed by atoms with Crippen LogP contribution in [0.25, 0.3) is 0 Å². The molecule has 0 aromatic rings. The van der Waals surface area contributed by atoms with Gasteiger partial charge in [-0.15, -0.1) is 0 Å². The van der Waals surface area contributed by atoms with E-state index in [0.29, 0.717) is 32.8 Å². The van der Waals surface area contributed by atoms with Gasteiger partial charge in [0.15, 0.2) is 0 Å². The molecule has 3 N–H and O–H groups in total. The lowest BCUT2D eigenvalue weighted by molar-refractivity contribution is -0.0139. The Morgan fingerprint density at radius 1 is 0.792 bits per heavy atom. The summed E-state index contributed by atoms with van der Waals surface area (Å²) in [6.07, 6.45) is 5.36. The zero-order chi connectivity index (χ0) is 18.0. The Kier molecular flexibility index (Phi) is 17.4. The molecule has 0 aromatic heterocycles. The quantitative estimate of drug-likeness (QED) is 0.325. The summed E-state index contributed by atoms with van der Waals surface area (Å²) in [6.45, 7) is 7.35. The highest BCUT2D eigenvalue weighted by atomic mass is 16.5. The molecule has 146 valence electrons. The molecule has 0 bridgehead atoms. The van der Waals surface area contributed by atoms with Crippen LogP contribution in [0.3, 0.4) is 0 Å². The van der Waals surface area contributed by atoms with Crippen LogP contribution in [-0.2, 0) is 9.47 Å². The van der Waals surface area contributed by atoms with Gasteiger partial charge < -0.3 is 24.8 Å². The molecule has 0 saturated carbocycles. The second kappa shape index (κ2) is 17.6. The Balaban J connectivity index is 3.88. The van der Waals surface area contributed by atoms with E-state index in [0.717, 1.165) is 38.5 Å². The van der Waals surface area contributed by atoms with E-state index in [4.69, 9.17) is 14.6 Å². The van der Waals surface area contributed by atoms with Crippen molar-refractivity contribution in [2.45, 2.75) is 64.6 Å². The molecular weight excluding hydrogens is 310 g/mol. The van der Waals surface area contributed by atoms with Crippen molar-refractivity contribution < 1.29 is 24.8 Å². The Morgan fingerprint density at radius 3 is 1.62 bits per heavy atom. The van der Waals surface area contributed by atoms with E-state index in [1.54, 1.807) is 0 Å². The molecule has 0 fully saturated rings. The van der Waals surface area contributed by atoms with Crippen molar-refractivity contribution in [2.75, 3.05) is 52.7 Å². The fourth-order valence-electron chi connectivity index (χ4n) is 2.45. The number of unbranched alkanes of at least 4 members (excludes halogenated alkanes) is 4. The Hall–Kier alpha value is -0.240. The minimum absolute atomic E-state index is 0.00580. The summed E-state index contributed by atoms with van der Waals surface area (Å²) < 4.78 is 10.9.